The standard InChI is InChI=1S/C23H25N5O/c24-22-20-21(18-6-2-3-7-19(18)25-22)28(23(29)26-20)15-17-10-8-16(9-11-17)14-27-12-4-1-5-13-27/h2-3,6-11H,1,4-5,12-15H2,(H2,24,25)(H,26,29). The molecule has 2 aromatic carbocycles. The van der Waals surface area contributed by atoms with Gasteiger partial charge in [-0.1, -0.05) is 48.9 Å². The third-order valence-corrected chi connectivity index (χ3v) is 5.86. The van der Waals surface area contributed by atoms with E-state index in [0.717, 1.165) is 28.5 Å². The van der Waals surface area contributed by atoms with Gasteiger partial charge in [-0.25, -0.2) is 9.78 Å². The molecule has 4 aromatic rings. The molecule has 148 valence electrons. The molecular weight excluding hydrogens is 362 g/mol. The number of piperidine rings is 1. The van der Waals surface area contributed by atoms with Gasteiger partial charge in [0.15, 0.2) is 0 Å². The van der Waals surface area contributed by atoms with Crippen molar-refractivity contribution in [3.05, 3.63) is 70.1 Å². The quantitative estimate of drug-likeness (QED) is 0.562. The highest BCUT2D eigenvalue weighted by Crippen LogP contribution is 2.26. The zero-order valence-electron chi connectivity index (χ0n) is 16.4. The van der Waals surface area contributed by atoms with Gasteiger partial charge in [-0.2, -0.15) is 0 Å². The minimum Gasteiger partial charge on any atom is -0.382 e. The summed E-state index contributed by atoms with van der Waals surface area (Å²) in [5.74, 6) is 0.353. The lowest BCUT2D eigenvalue weighted by atomic mass is 10.1. The molecule has 0 atom stereocenters. The van der Waals surface area contributed by atoms with Crippen LogP contribution in [-0.2, 0) is 13.1 Å². The highest BCUT2D eigenvalue weighted by Gasteiger charge is 2.15. The molecule has 29 heavy (non-hydrogen) atoms. The predicted octanol–water partition coefficient (Wildman–Crippen LogP) is 3.49. The molecule has 6 heteroatoms. The number of fused-ring (bicyclic) bond motifs is 3. The normalized spacial score (nSPS) is 15.3. The van der Waals surface area contributed by atoms with Crippen molar-refractivity contribution >= 4 is 27.8 Å². The van der Waals surface area contributed by atoms with Gasteiger partial charge in [0.2, 0.25) is 0 Å². The number of benzene rings is 2. The van der Waals surface area contributed by atoms with Crippen LogP contribution in [0.25, 0.3) is 21.9 Å². The zero-order chi connectivity index (χ0) is 19.8. The highest BCUT2D eigenvalue weighted by atomic mass is 16.1. The number of H-pyrrole nitrogens is 1. The van der Waals surface area contributed by atoms with Crippen molar-refractivity contribution in [3.63, 3.8) is 0 Å². The van der Waals surface area contributed by atoms with E-state index >= 15 is 0 Å². The molecule has 6 nitrogen and oxygen atoms in total. The Morgan fingerprint density at radius 3 is 2.38 bits per heavy atom. The van der Waals surface area contributed by atoms with Crippen LogP contribution in [0.3, 0.4) is 0 Å². The van der Waals surface area contributed by atoms with Crippen LogP contribution in [0.5, 0.6) is 0 Å². The summed E-state index contributed by atoms with van der Waals surface area (Å²) in [4.78, 5) is 22.5. The number of nitrogen functional groups attached to an aromatic ring is 1. The maximum atomic E-state index is 12.7. The maximum Gasteiger partial charge on any atom is 0.326 e. The topological polar surface area (TPSA) is 79.9 Å². The number of hydrogen-bond donors (Lipinski definition) is 2. The van der Waals surface area contributed by atoms with Gasteiger partial charge in [-0.05, 0) is 43.1 Å². The molecule has 1 fully saturated rings. The average molecular weight is 387 g/mol. The first-order chi connectivity index (χ1) is 14.2. The third kappa shape index (κ3) is 3.40. The van der Waals surface area contributed by atoms with Crippen LogP contribution in [-0.4, -0.2) is 32.5 Å². The molecule has 0 saturated carbocycles. The first-order valence-electron chi connectivity index (χ1n) is 10.3. The van der Waals surface area contributed by atoms with Crippen molar-refractivity contribution in [3.8, 4) is 0 Å². The van der Waals surface area contributed by atoms with Crippen LogP contribution in [0.1, 0.15) is 30.4 Å². The molecule has 1 saturated heterocycles. The predicted molar refractivity (Wildman–Crippen MR) is 117 cm³/mol. The zero-order valence-corrected chi connectivity index (χ0v) is 16.4. The summed E-state index contributed by atoms with van der Waals surface area (Å²) in [6.07, 6.45) is 3.95. The second-order valence-corrected chi connectivity index (χ2v) is 7.91. The molecule has 0 amide bonds. The van der Waals surface area contributed by atoms with Crippen molar-refractivity contribution < 1.29 is 0 Å². The summed E-state index contributed by atoms with van der Waals surface area (Å²) < 4.78 is 1.76. The number of nitrogens with two attached hydrogens (primary N) is 1. The number of para-hydroxylation sites is 1. The summed E-state index contributed by atoms with van der Waals surface area (Å²) in [6, 6.07) is 16.4. The number of aromatic amines is 1. The van der Waals surface area contributed by atoms with Gasteiger partial charge in [0, 0.05) is 11.9 Å². The second-order valence-electron chi connectivity index (χ2n) is 7.91. The second kappa shape index (κ2) is 7.37. The van der Waals surface area contributed by atoms with E-state index in [-0.39, 0.29) is 5.69 Å². The fourth-order valence-corrected chi connectivity index (χ4v) is 4.35. The molecule has 1 aliphatic heterocycles. The van der Waals surface area contributed by atoms with E-state index in [1.54, 1.807) is 4.57 Å². The lowest BCUT2D eigenvalue weighted by molar-refractivity contribution is 0.221. The molecule has 1 aliphatic rings. The first kappa shape index (κ1) is 17.9. The fraction of sp³-hybridized carbons (Fsp3) is 0.304. The summed E-state index contributed by atoms with van der Waals surface area (Å²) in [6.45, 7) is 3.88. The first-order valence-corrected chi connectivity index (χ1v) is 10.3. The summed E-state index contributed by atoms with van der Waals surface area (Å²) in [5.41, 5.74) is 10.6. The van der Waals surface area contributed by atoms with E-state index < -0.39 is 0 Å². The van der Waals surface area contributed by atoms with E-state index in [2.05, 4.69) is 39.1 Å². The summed E-state index contributed by atoms with van der Waals surface area (Å²) in [7, 11) is 0. The fourth-order valence-electron chi connectivity index (χ4n) is 4.35. The number of nitrogens with one attached hydrogen (secondary N) is 1. The maximum absolute atomic E-state index is 12.7. The van der Waals surface area contributed by atoms with E-state index in [9.17, 15) is 4.79 Å². The minimum atomic E-state index is -0.165. The van der Waals surface area contributed by atoms with E-state index in [0.29, 0.717) is 17.9 Å². The van der Waals surface area contributed by atoms with Gasteiger partial charge in [-0.3, -0.25) is 9.47 Å². The number of hydrogen-bond acceptors (Lipinski definition) is 4. The number of imidazole rings is 1. The van der Waals surface area contributed by atoms with Crippen molar-refractivity contribution in [1.29, 1.82) is 0 Å². The molecule has 5 rings (SSSR count). The number of nitrogens with zero attached hydrogens (tertiary/aromatic N) is 3. The SMILES string of the molecule is Nc1nc2ccccc2c2c1[nH]c(=O)n2Cc1ccc(CN2CCCCC2)cc1. The van der Waals surface area contributed by atoms with Gasteiger partial charge >= 0.3 is 5.69 Å². The molecular formula is C23H25N5O. The molecule has 0 unspecified atom stereocenters. The van der Waals surface area contributed by atoms with Gasteiger partial charge in [0.05, 0.1) is 17.6 Å². The van der Waals surface area contributed by atoms with Crippen LogP contribution < -0.4 is 11.4 Å². The monoisotopic (exact) mass is 387 g/mol. The summed E-state index contributed by atoms with van der Waals surface area (Å²) >= 11 is 0. The van der Waals surface area contributed by atoms with Crippen molar-refractivity contribution in [2.75, 3.05) is 18.8 Å². The number of aromatic nitrogens is 3. The van der Waals surface area contributed by atoms with E-state index in [1.165, 1.54) is 37.9 Å². The van der Waals surface area contributed by atoms with Crippen LogP contribution in [0.15, 0.2) is 53.3 Å². The van der Waals surface area contributed by atoms with Gasteiger partial charge < -0.3 is 10.7 Å². The van der Waals surface area contributed by atoms with Crippen LogP contribution in [0.4, 0.5) is 5.82 Å². The largest absolute Gasteiger partial charge is 0.382 e. The lowest BCUT2D eigenvalue weighted by Crippen LogP contribution is -2.29. The number of rotatable bonds is 4. The third-order valence-electron chi connectivity index (χ3n) is 5.86. The van der Waals surface area contributed by atoms with Crippen LogP contribution in [0.2, 0.25) is 0 Å². The molecule has 3 N–H and O–H groups in total. The molecule has 0 bridgehead atoms. The molecule has 3 heterocycles. The van der Waals surface area contributed by atoms with Gasteiger partial charge in [0.25, 0.3) is 0 Å². The molecule has 0 aliphatic carbocycles. The lowest BCUT2D eigenvalue weighted by Gasteiger charge is -2.26. The van der Waals surface area contributed by atoms with Crippen LogP contribution >= 0.6 is 0 Å². The number of likely N-dealkylation sites (tertiary alicyclic amines) is 1. The smallest absolute Gasteiger partial charge is 0.326 e. The molecule has 2 aromatic heterocycles. The Hall–Kier alpha value is -3.12. The molecule has 0 spiro atoms. The Labute approximate surface area is 169 Å². The Balaban J connectivity index is 1.47. The Bertz CT molecular complexity index is 1220. The average Bonchev–Trinajstić information content (AvgIpc) is 3.07. The van der Waals surface area contributed by atoms with Gasteiger partial charge in [0.1, 0.15) is 11.3 Å². The molecule has 0 radical (unpaired) electrons. The van der Waals surface area contributed by atoms with E-state index in [4.69, 9.17) is 5.73 Å². The Morgan fingerprint density at radius 1 is 0.931 bits per heavy atom. The highest BCUT2D eigenvalue weighted by molar-refractivity contribution is 6.06. The minimum absolute atomic E-state index is 0.165. The van der Waals surface area contributed by atoms with E-state index in [1.807, 2.05) is 24.3 Å². The Morgan fingerprint density at radius 2 is 1.62 bits per heavy atom. The van der Waals surface area contributed by atoms with Crippen molar-refractivity contribution in [2.24, 2.45) is 0 Å². The van der Waals surface area contributed by atoms with Crippen molar-refractivity contribution in [1.82, 2.24) is 19.4 Å². The van der Waals surface area contributed by atoms with Crippen molar-refractivity contribution in [2.45, 2.75) is 32.4 Å². The number of pyridine rings is 1. The van der Waals surface area contributed by atoms with Gasteiger partial charge in [-0.15, -0.1) is 0 Å². The number of anilines is 1. The van der Waals surface area contributed by atoms with Crippen LogP contribution in [0, 0.1) is 0 Å². The summed E-state index contributed by atoms with van der Waals surface area (Å²) in [5, 5.41) is 0.928. The Kier molecular flexibility index (Phi) is 4.56.